The Balaban J connectivity index is 1.42. The minimum absolute atomic E-state index is 0.267. The van der Waals surface area contributed by atoms with Crippen LogP contribution >= 0.6 is 12.2 Å². The van der Waals surface area contributed by atoms with Gasteiger partial charge in [0.1, 0.15) is 5.82 Å². The third-order valence-electron chi connectivity index (χ3n) is 4.25. The fourth-order valence-electron chi connectivity index (χ4n) is 3.00. The van der Waals surface area contributed by atoms with Gasteiger partial charge in [-0.25, -0.2) is 4.39 Å². The molecule has 1 saturated heterocycles. The molecule has 0 amide bonds. The third kappa shape index (κ3) is 5.01. The van der Waals surface area contributed by atoms with E-state index in [4.69, 9.17) is 12.2 Å². The summed E-state index contributed by atoms with van der Waals surface area (Å²) in [6.07, 6.45) is 2.11. The maximum Gasteiger partial charge on any atom is 0.170 e. The topological polar surface area (TPSA) is 27.3 Å². The lowest BCUT2D eigenvalue weighted by molar-refractivity contribution is 0.199. The van der Waals surface area contributed by atoms with Gasteiger partial charge in [0.15, 0.2) is 5.11 Å². The summed E-state index contributed by atoms with van der Waals surface area (Å²) < 4.78 is 13.2. The zero-order valence-corrected chi connectivity index (χ0v) is 14.4. The van der Waals surface area contributed by atoms with Gasteiger partial charge in [-0.2, -0.15) is 0 Å². The summed E-state index contributed by atoms with van der Waals surface area (Å²) in [6.45, 7) is 3.10. The molecule has 2 aromatic carbocycles. The van der Waals surface area contributed by atoms with Crippen molar-refractivity contribution < 1.29 is 4.39 Å². The molecular weight excluding hydrogens is 321 g/mol. The molecule has 1 aliphatic rings. The van der Waals surface area contributed by atoms with Gasteiger partial charge >= 0.3 is 0 Å². The number of rotatable bonds is 4. The number of hydrogen-bond acceptors (Lipinski definition) is 2. The molecule has 0 aromatic heterocycles. The molecule has 3 rings (SSSR count). The van der Waals surface area contributed by atoms with Gasteiger partial charge in [-0.05, 0) is 48.8 Å². The van der Waals surface area contributed by atoms with E-state index in [0.29, 0.717) is 16.8 Å². The zero-order valence-electron chi connectivity index (χ0n) is 13.5. The van der Waals surface area contributed by atoms with Crippen molar-refractivity contribution in [3.05, 3.63) is 66.0 Å². The van der Waals surface area contributed by atoms with E-state index in [1.165, 1.54) is 17.7 Å². The van der Waals surface area contributed by atoms with Gasteiger partial charge in [0.05, 0.1) is 0 Å². The van der Waals surface area contributed by atoms with Crippen LogP contribution < -0.4 is 10.6 Å². The first-order valence-electron chi connectivity index (χ1n) is 8.28. The Morgan fingerprint density at radius 3 is 2.54 bits per heavy atom. The molecule has 0 spiro atoms. The summed E-state index contributed by atoms with van der Waals surface area (Å²) in [4.78, 5) is 2.47. The summed E-state index contributed by atoms with van der Waals surface area (Å²) in [5, 5.41) is 6.95. The van der Waals surface area contributed by atoms with Crippen LogP contribution in [0.25, 0.3) is 0 Å². The van der Waals surface area contributed by atoms with Crippen LogP contribution in [-0.2, 0) is 6.54 Å². The monoisotopic (exact) mass is 343 g/mol. The smallest absolute Gasteiger partial charge is 0.170 e. The molecule has 0 aliphatic carbocycles. The largest absolute Gasteiger partial charge is 0.360 e. The van der Waals surface area contributed by atoms with Crippen molar-refractivity contribution in [2.75, 3.05) is 18.4 Å². The highest BCUT2D eigenvalue weighted by molar-refractivity contribution is 7.80. The lowest BCUT2D eigenvalue weighted by Gasteiger charge is -2.33. The Morgan fingerprint density at radius 1 is 1.08 bits per heavy atom. The molecule has 2 aromatic rings. The molecule has 0 radical (unpaired) electrons. The second kappa shape index (κ2) is 8.22. The summed E-state index contributed by atoms with van der Waals surface area (Å²) in [5.74, 6) is -0.267. The maximum atomic E-state index is 13.2. The molecule has 126 valence electrons. The molecule has 0 unspecified atom stereocenters. The number of likely N-dealkylation sites (tertiary alicyclic amines) is 1. The van der Waals surface area contributed by atoms with Crippen molar-refractivity contribution in [1.29, 1.82) is 0 Å². The van der Waals surface area contributed by atoms with Gasteiger partial charge < -0.3 is 10.6 Å². The van der Waals surface area contributed by atoms with Gasteiger partial charge in [0, 0.05) is 31.4 Å². The average molecular weight is 343 g/mol. The maximum absolute atomic E-state index is 13.2. The molecule has 24 heavy (non-hydrogen) atoms. The lowest BCUT2D eigenvalue weighted by Crippen LogP contribution is -2.45. The fourth-order valence-corrected chi connectivity index (χ4v) is 3.28. The first-order valence-corrected chi connectivity index (χ1v) is 8.69. The molecule has 5 heteroatoms. The van der Waals surface area contributed by atoms with E-state index in [-0.39, 0.29) is 5.82 Å². The van der Waals surface area contributed by atoms with Gasteiger partial charge in [-0.1, -0.05) is 36.4 Å². The number of nitrogens with one attached hydrogen (secondary N) is 2. The molecule has 0 bridgehead atoms. The van der Waals surface area contributed by atoms with E-state index in [1.807, 2.05) is 6.07 Å². The summed E-state index contributed by atoms with van der Waals surface area (Å²) in [6, 6.07) is 17.3. The Labute approximate surface area is 147 Å². The fraction of sp³-hybridized carbons (Fsp3) is 0.316. The van der Waals surface area contributed by atoms with Gasteiger partial charge in [-0.15, -0.1) is 0 Å². The quantitative estimate of drug-likeness (QED) is 0.826. The predicted octanol–water partition coefficient (Wildman–Crippen LogP) is 3.78. The van der Waals surface area contributed by atoms with Gasteiger partial charge in [-0.3, -0.25) is 4.90 Å². The Bertz CT molecular complexity index is 669. The van der Waals surface area contributed by atoms with Crippen LogP contribution in [0.1, 0.15) is 18.4 Å². The van der Waals surface area contributed by atoms with Crippen LogP contribution in [-0.4, -0.2) is 29.1 Å². The molecule has 1 fully saturated rings. The highest BCUT2D eigenvalue weighted by Crippen LogP contribution is 2.14. The standard InChI is InChI=1S/C19H22FN3S/c20-16-7-4-8-18(13-16)22-19(24)21-17-9-11-23(12-10-17)14-15-5-2-1-3-6-15/h1-8,13,17H,9-12,14H2,(H2,21,22,24). The number of anilines is 1. The van der Waals surface area contributed by atoms with Crippen molar-refractivity contribution in [2.45, 2.75) is 25.4 Å². The van der Waals surface area contributed by atoms with Crippen molar-refractivity contribution in [3.63, 3.8) is 0 Å². The van der Waals surface area contributed by atoms with Crippen LogP contribution in [0, 0.1) is 5.82 Å². The van der Waals surface area contributed by atoms with E-state index in [1.54, 1.807) is 12.1 Å². The molecule has 3 nitrogen and oxygen atoms in total. The summed E-state index contributed by atoms with van der Waals surface area (Å²) >= 11 is 5.34. The van der Waals surface area contributed by atoms with E-state index in [9.17, 15) is 4.39 Å². The molecule has 0 saturated carbocycles. The van der Waals surface area contributed by atoms with Crippen molar-refractivity contribution in [2.24, 2.45) is 0 Å². The van der Waals surface area contributed by atoms with E-state index < -0.39 is 0 Å². The minimum Gasteiger partial charge on any atom is -0.360 e. The number of hydrogen-bond donors (Lipinski definition) is 2. The minimum atomic E-state index is -0.267. The van der Waals surface area contributed by atoms with Crippen LogP contribution in [0.3, 0.4) is 0 Å². The predicted molar refractivity (Wildman–Crippen MR) is 100 cm³/mol. The molecular formula is C19H22FN3S. The number of benzene rings is 2. The number of nitrogens with zero attached hydrogens (tertiary/aromatic N) is 1. The molecule has 1 aliphatic heterocycles. The first-order chi connectivity index (χ1) is 11.7. The number of halogens is 1. The average Bonchev–Trinajstić information content (AvgIpc) is 2.57. The highest BCUT2D eigenvalue weighted by atomic mass is 32.1. The lowest BCUT2D eigenvalue weighted by atomic mass is 10.0. The van der Waals surface area contributed by atoms with Gasteiger partial charge in [0.2, 0.25) is 0 Å². The van der Waals surface area contributed by atoms with E-state index in [2.05, 4.69) is 39.8 Å². The van der Waals surface area contributed by atoms with Crippen molar-refractivity contribution >= 4 is 23.0 Å². The Morgan fingerprint density at radius 2 is 1.83 bits per heavy atom. The second-order valence-electron chi connectivity index (χ2n) is 6.14. The van der Waals surface area contributed by atoms with Crippen molar-refractivity contribution in [3.8, 4) is 0 Å². The Hall–Kier alpha value is -1.98. The van der Waals surface area contributed by atoms with Crippen LogP contribution in [0.2, 0.25) is 0 Å². The molecule has 1 heterocycles. The van der Waals surface area contributed by atoms with Gasteiger partial charge in [0.25, 0.3) is 0 Å². The van der Waals surface area contributed by atoms with E-state index >= 15 is 0 Å². The number of piperidine rings is 1. The number of thiocarbonyl (C=S) groups is 1. The molecule has 2 N–H and O–H groups in total. The molecule has 0 atom stereocenters. The second-order valence-corrected chi connectivity index (χ2v) is 6.55. The third-order valence-corrected chi connectivity index (χ3v) is 4.47. The summed E-state index contributed by atoms with van der Waals surface area (Å²) in [7, 11) is 0. The normalized spacial score (nSPS) is 15.9. The summed E-state index contributed by atoms with van der Waals surface area (Å²) in [5.41, 5.74) is 2.03. The van der Waals surface area contributed by atoms with Crippen molar-refractivity contribution in [1.82, 2.24) is 10.2 Å². The Kier molecular flexibility index (Phi) is 5.77. The van der Waals surface area contributed by atoms with Crippen LogP contribution in [0.15, 0.2) is 54.6 Å². The SMILES string of the molecule is Fc1cccc(NC(=S)NC2CCN(Cc3ccccc3)CC2)c1. The van der Waals surface area contributed by atoms with E-state index in [0.717, 1.165) is 32.5 Å². The van der Waals surface area contributed by atoms with Crippen LogP contribution in [0.5, 0.6) is 0 Å². The first kappa shape index (κ1) is 16.9. The zero-order chi connectivity index (χ0) is 16.8. The highest BCUT2D eigenvalue weighted by Gasteiger charge is 2.19. The van der Waals surface area contributed by atoms with Crippen LogP contribution in [0.4, 0.5) is 10.1 Å².